The lowest BCUT2D eigenvalue weighted by Crippen LogP contribution is -2.28. The van der Waals surface area contributed by atoms with Gasteiger partial charge in [0.25, 0.3) is 0 Å². The molecule has 1 heterocycles. The van der Waals surface area contributed by atoms with Crippen molar-refractivity contribution in [2.24, 2.45) is 5.92 Å². The normalized spacial score (nSPS) is 16.1. The summed E-state index contributed by atoms with van der Waals surface area (Å²) in [6.45, 7) is 5.92. The van der Waals surface area contributed by atoms with Crippen molar-refractivity contribution >= 4 is 11.6 Å². The zero-order valence-corrected chi connectivity index (χ0v) is 12.3. The van der Waals surface area contributed by atoms with Crippen LogP contribution in [0.3, 0.4) is 0 Å². The van der Waals surface area contributed by atoms with E-state index >= 15 is 0 Å². The number of rotatable bonds is 4. The number of piperidine rings is 1. The maximum absolute atomic E-state index is 12.0. The molecule has 1 fully saturated rings. The number of aromatic hydroxyl groups is 1. The lowest BCUT2D eigenvalue weighted by atomic mass is 9.93. The zero-order valence-electron chi connectivity index (χ0n) is 12.3. The minimum atomic E-state index is -0.0103. The monoisotopic (exact) mass is 276 g/mol. The largest absolute Gasteiger partial charge is 0.505 e. The molecule has 0 bridgehead atoms. The van der Waals surface area contributed by atoms with Gasteiger partial charge in [-0.1, -0.05) is 6.07 Å². The van der Waals surface area contributed by atoms with Gasteiger partial charge < -0.3 is 15.7 Å². The van der Waals surface area contributed by atoms with Gasteiger partial charge in [0.1, 0.15) is 5.75 Å². The summed E-state index contributed by atoms with van der Waals surface area (Å²) in [5, 5.41) is 16.1. The Morgan fingerprint density at radius 2 is 2.05 bits per heavy atom. The average Bonchev–Trinajstić information content (AvgIpc) is 2.43. The molecule has 110 valence electrons. The first-order valence-electron chi connectivity index (χ1n) is 7.37. The van der Waals surface area contributed by atoms with Crippen LogP contribution >= 0.6 is 0 Å². The highest BCUT2D eigenvalue weighted by atomic mass is 16.3. The Kier molecular flexibility index (Phi) is 5.01. The maximum atomic E-state index is 12.0. The molecular weight excluding hydrogens is 252 g/mol. The number of phenolic OH excluding ortho intramolecular Hbond substituents is 1. The molecule has 3 N–H and O–H groups in total. The van der Waals surface area contributed by atoms with Crippen LogP contribution in [0.25, 0.3) is 0 Å². The Hall–Kier alpha value is -1.55. The molecule has 1 aliphatic rings. The molecule has 1 saturated heterocycles. The van der Waals surface area contributed by atoms with Crippen molar-refractivity contribution < 1.29 is 9.90 Å². The van der Waals surface area contributed by atoms with E-state index in [0.717, 1.165) is 43.5 Å². The van der Waals surface area contributed by atoms with Crippen LogP contribution in [0, 0.1) is 19.8 Å². The summed E-state index contributed by atoms with van der Waals surface area (Å²) < 4.78 is 0. The first-order valence-corrected chi connectivity index (χ1v) is 7.37. The summed E-state index contributed by atoms with van der Waals surface area (Å²) in [5.41, 5.74) is 2.35. The van der Waals surface area contributed by atoms with E-state index in [4.69, 9.17) is 0 Å². The molecule has 0 aliphatic carbocycles. The van der Waals surface area contributed by atoms with Gasteiger partial charge in [-0.2, -0.15) is 0 Å². The molecule has 0 saturated carbocycles. The van der Waals surface area contributed by atoms with Crippen LogP contribution in [0.15, 0.2) is 12.1 Å². The van der Waals surface area contributed by atoms with E-state index in [2.05, 4.69) is 10.6 Å². The summed E-state index contributed by atoms with van der Waals surface area (Å²) in [6, 6.07) is 3.71. The Morgan fingerprint density at radius 3 is 2.75 bits per heavy atom. The highest BCUT2D eigenvalue weighted by Crippen LogP contribution is 2.29. The number of carbonyl (C=O) groups is 1. The van der Waals surface area contributed by atoms with E-state index in [1.165, 1.54) is 0 Å². The SMILES string of the molecule is Cc1cc(C)c(O)c(NC(=O)CCC2CCNCC2)c1. The van der Waals surface area contributed by atoms with Crippen molar-refractivity contribution in [3.8, 4) is 5.75 Å². The van der Waals surface area contributed by atoms with Crippen LogP contribution in [0.1, 0.15) is 36.8 Å². The molecule has 0 spiro atoms. The van der Waals surface area contributed by atoms with E-state index < -0.39 is 0 Å². The molecule has 2 rings (SSSR count). The fourth-order valence-electron chi connectivity index (χ4n) is 2.77. The van der Waals surface area contributed by atoms with Gasteiger partial charge in [0.05, 0.1) is 5.69 Å². The molecule has 0 radical (unpaired) electrons. The molecule has 1 aliphatic heterocycles. The van der Waals surface area contributed by atoms with Crippen LogP contribution in [-0.4, -0.2) is 24.1 Å². The Balaban J connectivity index is 1.88. The summed E-state index contributed by atoms with van der Waals surface area (Å²) in [6.07, 6.45) is 3.76. The van der Waals surface area contributed by atoms with Gasteiger partial charge >= 0.3 is 0 Å². The van der Waals surface area contributed by atoms with Crippen LogP contribution in [-0.2, 0) is 4.79 Å². The minimum Gasteiger partial charge on any atom is -0.505 e. The number of carbonyl (C=O) groups excluding carboxylic acids is 1. The molecular formula is C16H24N2O2. The van der Waals surface area contributed by atoms with Crippen molar-refractivity contribution in [1.29, 1.82) is 0 Å². The first kappa shape index (κ1) is 14.9. The Bertz CT molecular complexity index is 480. The van der Waals surface area contributed by atoms with Gasteiger partial charge in [0.15, 0.2) is 0 Å². The highest BCUT2D eigenvalue weighted by Gasteiger charge is 2.15. The van der Waals surface area contributed by atoms with Crippen molar-refractivity contribution in [3.63, 3.8) is 0 Å². The van der Waals surface area contributed by atoms with Crippen molar-refractivity contribution in [1.82, 2.24) is 5.32 Å². The smallest absolute Gasteiger partial charge is 0.224 e. The van der Waals surface area contributed by atoms with Crippen LogP contribution < -0.4 is 10.6 Å². The van der Waals surface area contributed by atoms with Crippen molar-refractivity contribution in [3.05, 3.63) is 23.3 Å². The highest BCUT2D eigenvalue weighted by molar-refractivity contribution is 5.92. The second-order valence-electron chi connectivity index (χ2n) is 5.76. The van der Waals surface area contributed by atoms with Gasteiger partial charge in [-0.25, -0.2) is 0 Å². The molecule has 0 atom stereocenters. The molecule has 20 heavy (non-hydrogen) atoms. The van der Waals surface area contributed by atoms with Crippen LogP contribution in [0.5, 0.6) is 5.75 Å². The van der Waals surface area contributed by atoms with Gasteiger partial charge in [-0.3, -0.25) is 4.79 Å². The quantitative estimate of drug-likeness (QED) is 0.741. The second-order valence-corrected chi connectivity index (χ2v) is 5.76. The van der Waals surface area contributed by atoms with Crippen LogP contribution in [0.4, 0.5) is 5.69 Å². The van der Waals surface area contributed by atoms with Gasteiger partial charge in [0, 0.05) is 6.42 Å². The molecule has 0 aromatic heterocycles. The van der Waals surface area contributed by atoms with Crippen molar-refractivity contribution in [2.75, 3.05) is 18.4 Å². The topological polar surface area (TPSA) is 61.4 Å². The number of hydrogen-bond donors (Lipinski definition) is 3. The summed E-state index contributed by atoms with van der Waals surface area (Å²) in [7, 11) is 0. The molecule has 1 aromatic carbocycles. The average molecular weight is 276 g/mol. The molecule has 1 aromatic rings. The van der Waals surface area contributed by atoms with Gasteiger partial charge in [0.2, 0.25) is 5.91 Å². The number of nitrogens with one attached hydrogen (secondary N) is 2. The maximum Gasteiger partial charge on any atom is 0.224 e. The van der Waals surface area contributed by atoms with Crippen LogP contribution in [0.2, 0.25) is 0 Å². The van der Waals surface area contributed by atoms with E-state index in [0.29, 0.717) is 18.0 Å². The number of benzene rings is 1. The second kappa shape index (κ2) is 6.75. The van der Waals surface area contributed by atoms with Crippen molar-refractivity contribution in [2.45, 2.75) is 39.5 Å². The summed E-state index contributed by atoms with van der Waals surface area (Å²) in [4.78, 5) is 12.0. The number of hydrogen-bond acceptors (Lipinski definition) is 3. The van der Waals surface area contributed by atoms with E-state index in [-0.39, 0.29) is 11.7 Å². The van der Waals surface area contributed by atoms with E-state index in [1.54, 1.807) is 0 Å². The number of phenols is 1. The lowest BCUT2D eigenvalue weighted by Gasteiger charge is -2.22. The molecule has 0 unspecified atom stereocenters. The zero-order chi connectivity index (χ0) is 14.5. The minimum absolute atomic E-state index is 0.0103. The lowest BCUT2D eigenvalue weighted by molar-refractivity contribution is -0.116. The van der Waals surface area contributed by atoms with Gasteiger partial charge in [-0.15, -0.1) is 0 Å². The third-order valence-electron chi connectivity index (χ3n) is 3.96. The fourth-order valence-corrected chi connectivity index (χ4v) is 2.77. The first-order chi connectivity index (χ1) is 9.56. The van der Waals surface area contributed by atoms with E-state index in [1.807, 2.05) is 26.0 Å². The standard InChI is InChI=1S/C16H24N2O2/c1-11-9-12(2)16(20)14(10-11)18-15(19)4-3-13-5-7-17-8-6-13/h9-10,13,17,20H,3-8H2,1-2H3,(H,18,19). The molecule has 4 nitrogen and oxygen atoms in total. The number of amides is 1. The molecule has 4 heteroatoms. The Morgan fingerprint density at radius 1 is 1.35 bits per heavy atom. The fraction of sp³-hybridized carbons (Fsp3) is 0.562. The molecule has 1 amide bonds. The predicted octanol–water partition coefficient (Wildman–Crippen LogP) is 2.73. The third kappa shape index (κ3) is 3.97. The summed E-state index contributed by atoms with van der Waals surface area (Å²) >= 11 is 0. The number of aryl methyl sites for hydroxylation is 2. The summed E-state index contributed by atoms with van der Waals surface area (Å²) in [5.74, 6) is 0.810. The Labute approximate surface area is 120 Å². The van der Waals surface area contributed by atoms with Gasteiger partial charge in [-0.05, 0) is 69.3 Å². The predicted molar refractivity (Wildman–Crippen MR) is 81.0 cm³/mol. The third-order valence-corrected chi connectivity index (χ3v) is 3.96. The number of anilines is 1. The van der Waals surface area contributed by atoms with E-state index in [9.17, 15) is 9.90 Å².